The summed E-state index contributed by atoms with van der Waals surface area (Å²) in [4.78, 5) is 7.18. The van der Waals surface area contributed by atoms with E-state index in [4.69, 9.17) is 4.65 Å². The lowest BCUT2D eigenvalue weighted by molar-refractivity contribution is -0.0982. The number of fused-ring (bicyclic) bond motifs is 1. The molecule has 0 saturated heterocycles. The molecule has 0 aliphatic heterocycles. The molecule has 0 radical (unpaired) electrons. The Hall–Kier alpha value is -1.37. The summed E-state index contributed by atoms with van der Waals surface area (Å²) >= 11 is 0. The summed E-state index contributed by atoms with van der Waals surface area (Å²) in [6.45, 7) is 6.76. The Morgan fingerprint density at radius 2 is 2.00 bits per heavy atom. The Bertz CT molecular complexity index is 575. The minimum atomic E-state index is -1.13. The molecule has 2 aromatic rings. The van der Waals surface area contributed by atoms with Crippen LogP contribution < -0.4 is 5.46 Å². The molecule has 6 heteroatoms. The maximum atomic E-state index is 10.1. The van der Waals surface area contributed by atoms with E-state index >= 15 is 0 Å². The average molecular weight is 262 g/mol. The molecule has 0 amide bonds. The summed E-state index contributed by atoms with van der Waals surface area (Å²) in [5, 5.41) is 21.1. The Morgan fingerprint density at radius 3 is 2.63 bits per heavy atom. The van der Waals surface area contributed by atoms with E-state index in [2.05, 4.69) is 9.97 Å². The number of aliphatic hydroxyl groups is 1. The summed E-state index contributed by atoms with van der Waals surface area (Å²) in [5.41, 5.74) is -0.638. The highest BCUT2D eigenvalue weighted by Crippen LogP contribution is 2.25. The van der Waals surface area contributed by atoms with E-state index in [1.807, 2.05) is 12.1 Å². The molecule has 0 aromatic carbocycles. The zero-order chi connectivity index (χ0) is 14.3. The largest absolute Gasteiger partial charge is 0.493 e. The SMILES string of the molecule is CC(C)(O)C(C)(C)OB(O)c1cnc2[nH]ccc2c1. The number of nitrogens with one attached hydrogen (secondary N) is 1. The summed E-state index contributed by atoms with van der Waals surface area (Å²) < 4.78 is 5.57. The molecule has 0 aliphatic rings. The van der Waals surface area contributed by atoms with E-state index < -0.39 is 18.3 Å². The standard InChI is InChI=1S/C13H19BN2O3/c1-12(2,17)13(3,4)19-14(18)10-7-9-5-6-15-11(9)16-8-10/h5-8,17-18H,1-4H3,(H,15,16). The first-order chi connectivity index (χ1) is 8.71. The molecule has 0 atom stereocenters. The van der Waals surface area contributed by atoms with Crippen molar-refractivity contribution in [1.82, 2.24) is 9.97 Å². The second-order valence-corrected chi connectivity index (χ2v) is 5.72. The molecule has 0 spiro atoms. The second-order valence-electron chi connectivity index (χ2n) is 5.72. The minimum absolute atomic E-state index is 0.560. The van der Waals surface area contributed by atoms with E-state index in [9.17, 15) is 10.1 Å². The van der Waals surface area contributed by atoms with Crippen molar-refractivity contribution in [2.24, 2.45) is 0 Å². The number of hydrogen-bond acceptors (Lipinski definition) is 4. The van der Waals surface area contributed by atoms with Gasteiger partial charge in [-0.15, -0.1) is 0 Å². The van der Waals surface area contributed by atoms with E-state index in [0.29, 0.717) is 5.46 Å². The van der Waals surface area contributed by atoms with Crippen LogP contribution in [0.3, 0.4) is 0 Å². The zero-order valence-electron chi connectivity index (χ0n) is 11.6. The third-order valence-electron chi connectivity index (χ3n) is 3.59. The fraction of sp³-hybridized carbons (Fsp3) is 0.462. The topological polar surface area (TPSA) is 78.4 Å². The Balaban J connectivity index is 2.22. The van der Waals surface area contributed by atoms with Gasteiger partial charge in [0.1, 0.15) is 5.65 Å². The minimum Gasteiger partial charge on any atom is -0.423 e. The van der Waals surface area contributed by atoms with E-state index in [-0.39, 0.29) is 0 Å². The van der Waals surface area contributed by atoms with E-state index in [1.165, 1.54) is 0 Å². The molecule has 2 rings (SSSR count). The molecule has 2 heterocycles. The lowest BCUT2D eigenvalue weighted by Gasteiger charge is -2.38. The molecule has 19 heavy (non-hydrogen) atoms. The quantitative estimate of drug-likeness (QED) is 0.713. The van der Waals surface area contributed by atoms with Crippen LogP contribution in [0.2, 0.25) is 0 Å². The van der Waals surface area contributed by atoms with Crippen molar-refractivity contribution in [1.29, 1.82) is 0 Å². The van der Waals surface area contributed by atoms with Gasteiger partial charge in [-0.1, -0.05) is 0 Å². The number of hydrogen-bond donors (Lipinski definition) is 3. The molecule has 0 saturated carbocycles. The molecule has 0 bridgehead atoms. The van der Waals surface area contributed by atoms with Crippen LogP contribution in [0.5, 0.6) is 0 Å². The first kappa shape index (κ1) is 14.1. The summed E-state index contributed by atoms with van der Waals surface area (Å²) in [6, 6.07) is 3.68. The number of aromatic amines is 1. The van der Waals surface area contributed by atoms with Crippen LogP contribution in [0, 0.1) is 0 Å². The molecule has 0 aliphatic carbocycles. The van der Waals surface area contributed by atoms with Crippen molar-refractivity contribution in [3.8, 4) is 0 Å². The smallest absolute Gasteiger partial charge is 0.423 e. The highest BCUT2D eigenvalue weighted by molar-refractivity contribution is 6.60. The summed E-state index contributed by atoms with van der Waals surface area (Å²) in [6.07, 6.45) is 3.35. The first-order valence-corrected chi connectivity index (χ1v) is 6.22. The van der Waals surface area contributed by atoms with Gasteiger partial charge in [0, 0.05) is 23.2 Å². The first-order valence-electron chi connectivity index (χ1n) is 6.22. The predicted molar refractivity (Wildman–Crippen MR) is 75.2 cm³/mol. The van der Waals surface area contributed by atoms with Crippen LogP contribution in [-0.4, -0.2) is 38.4 Å². The molecule has 3 N–H and O–H groups in total. The zero-order valence-corrected chi connectivity index (χ0v) is 11.6. The van der Waals surface area contributed by atoms with Gasteiger partial charge in [0.05, 0.1) is 11.2 Å². The fourth-order valence-electron chi connectivity index (χ4n) is 1.58. The van der Waals surface area contributed by atoms with Crippen LogP contribution in [-0.2, 0) is 4.65 Å². The van der Waals surface area contributed by atoms with Crippen LogP contribution in [0.15, 0.2) is 24.5 Å². The van der Waals surface area contributed by atoms with Gasteiger partial charge < -0.3 is 19.8 Å². The fourth-order valence-corrected chi connectivity index (χ4v) is 1.58. The van der Waals surface area contributed by atoms with Crippen molar-refractivity contribution in [2.75, 3.05) is 0 Å². The van der Waals surface area contributed by atoms with Gasteiger partial charge >= 0.3 is 7.12 Å². The lowest BCUT2D eigenvalue weighted by Crippen LogP contribution is -2.53. The third kappa shape index (κ3) is 2.81. The molecular weight excluding hydrogens is 243 g/mol. The van der Waals surface area contributed by atoms with Crippen molar-refractivity contribution in [3.63, 3.8) is 0 Å². The third-order valence-corrected chi connectivity index (χ3v) is 3.59. The normalized spacial score (nSPS) is 12.9. The maximum absolute atomic E-state index is 10.1. The van der Waals surface area contributed by atoms with Gasteiger partial charge in [0.15, 0.2) is 0 Å². The highest BCUT2D eigenvalue weighted by Gasteiger charge is 2.39. The van der Waals surface area contributed by atoms with Crippen molar-refractivity contribution >= 4 is 23.6 Å². The summed E-state index contributed by atoms with van der Waals surface area (Å²) in [5.74, 6) is 0. The Morgan fingerprint density at radius 1 is 1.32 bits per heavy atom. The molecule has 0 unspecified atom stereocenters. The number of nitrogens with zero attached hydrogens (tertiary/aromatic N) is 1. The van der Waals surface area contributed by atoms with Crippen molar-refractivity contribution in [2.45, 2.75) is 38.9 Å². The van der Waals surface area contributed by atoms with Crippen LogP contribution in [0.4, 0.5) is 0 Å². The van der Waals surface area contributed by atoms with Crippen LogP contribution in [0.1, 0.15) is 27.7 Å². The number of pyridine rings is 1. The van der Waals surface area contributed by atoms with Crippen molar-refractivity contribution in [3.05, 3.63) is 24.5 Å². The van der Waals surface area contributed by atoms with Gasteiger partial charge in [-0.05, 0) is 39.8 Å². The Kier molecular flexibility index (Phi) is 3.42. The monoisotopic (exact) mass is 262 g/mol. The van der Waals surface area contributed by atoms with E-state index in [1.54, 1.807) is 40.1 Å². The highest BCUT2D eigenvalue weighted by atomic mass is 16.5. The van der Waals surface area contributed by atoms with Gasteiger partial charge in [-0.3, -0.25) is 0 Å². The number of rotatable bonds is 4. The molecular formula is C13H19BN2O3. The molecule has 0 fully saturated rings. The molecule has 5 nitrogen and oxygen atoms in total. The summed E-state index contributed by atoms with van der Waals surface area (Å²) in [7, 11) is -1.13. The number of aromatic nitrogens is 2. The van der Waals surface area contributed by atoms with Crippen molar-refractivity contribution < 1.29 is 14.8 Å². The van der Waals surface area contributed by atoms with Crippen LogP contribution >= 0.6 is 0 Å². The average Bonchev–Trinajstić information content (AvgIpc) is 2.73. The van der Waals surface area contributed by atoms with Gasteiger partial charge in [-0.25, -0.2) is 4.98 Å². The predicted octanol–water partition coefficient (Wildman–Crippen LogP) is 0.816. The molecule has 102 valence electrons. The number of H-pyrrole nitrogens is 1. The lowest BCUT2D eigenvalue weighted by atomic mass is 9.77. The second kappa shape index (κ2) is 4.63. The van der Waals surface area contributed by atoms with Gasteiger partial charge in [0.2, 0.25) is 0 Å². The van der Waals surface area contributed by atoms with Gasteiger partial charge in [-0.2, -0.15) is 0 Å². The Labute approximate surface area is 112 Å². The van der Waals surface area contributed by atoms with Crippen LogP contribution in [0.25, 0.3) is 11.0 Å². The van der Waals surface area contributed by atoms with Gasteiger partial charge in [0.25, 0.3) is 0 Å². The maximum Gasteiger partial charge on any atom is 0.493 e. The molecule has 2 aromatic heterocycles. The van der Waals surface area contributed by atoms with E-state index in [0.717, 1.165) is 11.0 Å².